The molecule has 0 radical (unpaired) electrons. The first kappa shape index (κ1) is 18.4. The van der Waals surface area contributed by atoms with Gasteiger partial charge in [0.15, 0.2) is 10.8 Å². The van der Waals surface area contributed by atoms with Gasteiger partial charge in [-0.1, -0.05) is 30.8 Å². The van der Waals surface area contributed by atoms with E-state index in [0.717, 1.165) is 11.1 Å². The third kappa shape index (κ3) is 3.88. The van der Waals surface area contributed by atoms with Crippen LogP contribution in [0.15, 0.2) is 47.8 Å². The molecule has 0 bridgehead atoms. The Morgan fingerprint density at radius 2 is 2.04 bits per heavy atom. The van der Waals surface area contributed by atoms with Crippen molar-refractivity contribution >= 4 is 28.9 Å². The van der Waals surface area contributed by atoms with Crippen LogP contribution in [0.25, 0.3) is 11.2 Å². The highest BCUT2D eigenvalue weighted by Gasteiger charge is 2.26. The maximum atomic E-state index is 13.1. The van der Waals surface area contributed by atoms with Crippen molar-refractivity contribution in [2.45, 2.75) is 37.2 Å². The van der Waals surface area contributed by atoms with Crippen LogP contribution in [0.4, 0.5) is 4.39 Å². The Bertz CT molecular complexity index is 895. The van der Waals surface area contributed by atoms with Crippen LogP contribution in [0.2, 0.25) is 0 Å². The summed E-state index contributed by atoms with van der Waals surface area (Å²) in [5.41, 5.74) is 2.37. The van der Waals surface area contributed by atoms with Gasteiger partial charge in [0, 0.05) is 11.9 Å². The van der Waals surface area contributed by atoms with Gasteiger partial charge in [-0.3, -0.25) is 4.57 Å². The number of carbonyl (C=O) groups excluding carboxylic acids is 1. The van der Waals surface area contributed by atoms with Crippen LogP contribution in [-0.4, -0.2) is 27.1 Å². The quantitative estimate of drug-likeness (QED) is 0.454. The van der Waals surface area contributed by atoms with Gasteiger partial charge in [0.25, 0.3) is 0 Å². The normalized spacial score (nSPS) is 12.3. The highest BCUT2D eigenvalue weighted by molar-refractivity contribution is 7.98. The molecule has 3 rings (SSSR count). The average molecular weight is 373 g/mol. The van der Waals surface area contributed by atoms with E-state index in [-0.39, 0.29) is 11.8 Å². The van der Waals surface area contributed by atoms with Crippen molar-refractivity contribution in [3.05, 3.63) is 54.0 Å². The fourth-order valence-corrected chi connectivity index (χ4v) is 3.72. The van der Waals surface area contributed by atoms with Crippen molar-refractivity contribution in [2.75, 3.05) is 6.61 Å². The van der Waals surface area contributed by atoms with Crippen molar-refractivity contribution in [1.82, 2.24) is 14.5 Å². The minimum Gasteiger partial charge on any atom is -0.464 e. The standard InChI is InChI=1S/C19H20FN3O2S/c1-3-16(18(24)25-4-2)23-17-15(6-5-11-21-17)22-19(23)26-12-13-7-9-14(20)10-8-13/h5-11,16H,3-4,12H2,1-2H3. The number of esters is 1. The summed E-state index contributed by atoms with van der Waals surface area (Å²) in [6, 6.07) is 9.58. The van der Waals surface area contributed by atoms with Crippen LogP contribution in [-0.2, 0) is 15.3 Å². The molecule has 1 atom stereocenters. The van der Waals surface area contributed by atoms with Gasteiger partial charge in [-0.2, -0.15) is 0 Å². The third-order valence-corrected chi connectivity index (χ3v) is 4.98. The number of pyridine rings is 1. The second-order valence-electron chi connectivity index (χ2n) is 5.70. The fourth-order valence-electron chi connectivity index (χ4n) is 2.71. The molecule has 0 N–H and O–H groups in total. The Balaban J connectivity index is 1.95. The lowest BCUT2D eigenvalue weighted by atomic mass is 10.2. The summed E-state index contributed by atoms with van der Waals surface area (Å²) in [5, 5.41) is 0.697. The van der Waals surface area contributed by atoms with Gasteiger partial charge in [-0.25, -0.2) is 19.2 Å². The molecular weight excluding hydrogens is 353 g/mol. The van der Waals surface area contributed by atoms with Crippen molar-refractivity contribution in [1.29, 1.82) is 0 Å². The molecule has 5 nitrogen and oxygen atoms in total. The minimum absolute atomic E-state index is 0.261. The van der Waals surface area contributed by atoms with Crippen molar-refractivity contribution < 1.29 is 13.9 Å². The number of thioether (sulfide) groups is 1. The summed E-state index contributed by atoms with van der Waals surface area (Å²) < 4.78 is 20.2. The zero-order valence-corrected chi connectivity index (χ0v) is 15.5. The minimum atomic E-state index is -0.481. The molecule has 0 aliphatic heterocycles. The Morgan fingerprint density at radius 1 is 1.27 bits per heavy atom. The number of halogens is 1. The SMILES string of the molecule is CCOC(=O)C(CC)n1c(SCc2ccc(F)cc2)nc2cccnc21. The molecule has 7 heteroatoms. The topological polar surface area (TPSA) is 57.0 Å². The van der Waals surface area contributed by atoms with Gasteiger partial charge in [-0.05, 0) is 43.2 Å². The van der Waals surface area contributed by atoms with E-state index in [1.54, 1.807) is 25.3 Å². The summed E-state index contributed by atoms with van der Waals surface area (Å²) in [7, 11) is 0. The van der Waals surface area contributed by atoms with Crippen LogP contribution in [0.1, 0.15) is 31.9 Å². The number of hydrogen-bond donors (Lipinski definition) is 0. The Hall–Kier alpha value is -2.41. The number of aromatic nitrogens is 3. The molecule has 0 aliphatic carbocycles. The molecule has 0 saturated heterocycles. The molecule has 0 fully saturated rings. The lowest BCUT2D eigenvalue weighted by Gasteiger charge is -2.18. The van der Waals surface area contributed by atoms with Gasteiger partial charge in [-0.15, -0.1) is 0 Å². The molecule has 26 heavy (non-hydrogen) atoms. The van der Waals surface area contributed by atoms with Gasteiger partial charge in [0.05, 0.1) is 6.61 Å². The van der Waals surface area contributed by atoms with Gasteiger partial charge < -0.3 is 4.74 Å². The summed E-state index contributed by atoms with van der Waals surface area (Å²) in [5.74, 6) is 0.0650. The zero-order valence-electron chi connectivity index (χ0n) is 14.7. The molecular formula is C19H20FN3O2S. The van der Waals surface area contributed by atoms with Crippen LogP contribution in [0.3, 0.4) is 0 Å². The summed E-state index contributed by atoms with van der Waals surface area (Å²) in [6.07, 6.45) is 2.26. The molecule has 0 amide bonds. The molecule has 0 aliphatic rings. The first-order valence-corrected chi connectivity index (χ1v) is 9.49. The number of benzene rings is 1. The van der Waals surface area contributed by atoms with E-state index in [0.29, 0.717) is 29.6 Å². The van der Waals surface area contributed by atoms with Gasteiger partial charge >= 0.3 is 5.97 Å². The first-order chi connectivity index (χ1) is 12.6. The summed E-state index contributed by atoms with van der Waals surface area (Å²) >= 11 is 1.49. The van der Waals surface area contributed by atoms with Gasteiger partial charge in [0.2, 0.25) is 0 Å². The summed E-state index contributed by atoms with van der Waals surface area (Å²) in [4.78, 5) is 21.5. The van der Waals surface area contributed by atoms with E-state index < -0.39 is 6.04 Å². The molecule has 1 unspecified atom stereocenters. The predicted molar refractivity (Wildman–Crippen MR) is 99.5 cm³/mol. The second kappa shape index (κ2) is 8.31. The number of carbonyl (C=O) groups is 1. The summed E-state index contributed by atoms with van der Waals surface area (Å²) in [6.45, 7) is 4.05. The van der Waals surface area contributed by atoms with E-state index in [9.17, 15) is 9.18 Å². The first-order valence-electron chi connectivity index (χ1n) is 8.50. The Labute approximate surface area is 155 Å². The molecule has 3 aromatic rings. The van der Waals surface area contributed by atoms with Crippen molar-refractivity contribution in [3.63, 3.8) is 0 Å². The molecule has 1 aromatic carbocycles. The smallest absolute Gasteiger partial charge is 0.329 e. The number of imidazole rings is 1. The van der Waals surface area contributed by atoms with Crippen LogP contribution in [0.5, 0.6) is 0 Å². The largest absolute Gasteiger partial charge is 0.464 e. The van der Waals surface area contributed by atoms with E-state index in [1.807, 2.05) is 23.6 Å². The molecule has 2 heterocycles. The fraction of sp³-hybridized carbons (Fsp3) is 0.316. The van der Waals surface area contributed by atoms with Crippen LogP contribution in [0, 0.1) is 5.82 Å². The number of nitrogens with zero attached hydrogens (tertiary/aromatic N) is 3. The number of fused-ring (bicyclic) bond motifs is 1. The molecule has 0 saturated carbocycles. The highest BCUT2D eigenvalue weighted by atomic mass is 32.2. The molecule has 136 valence electrons. The number of ether oxygens (including phenoxy) is 1. The molecule has 2 aromatic heterocycles. The van der Waals surface area contributed by atoms with E-state index >= 15 is 0 Å². The lowest BCUT2D eigenvalue weighted by Crippen LogP contribution is -2.22. The Kier molecular flexibility index (Phi) is 5.88. The molecule has 0 spiro atoms. The third-order valence-electron chi connectivity index (χ3n) is 3.95. The predicted octanol–water partition coefficient (Wildman–Crippen LogP) is 4.38. The Morgan fingerprint density at radius 3 is 2.73 bits per heavy atom. The van der Waals surface area contributed by atoms with Crippen molar-refractivity contribution in [3.8, 4) is 0 Å². The highest BCUT2D eigenvalue weighted by Crippen LogP contribution is 2.30. The van der Waals surface area contributed by atoms with Crippen LogP contribution < -0.4 is 0 Å². The second-order valence-corrected chi connectivity index (χ2v) is 6.64. The lowest BCUT2D eigenvalue weighted by molar-refractivity contribution is -0.147. The number of rotatable bonds is 7. The average Bonchev–Trinajstić information content (AvgIpc) is 3.01. The van der Waals surface area contributed by atoms with Crippen molar-refractivity contribution in [2.24, 2.45) is 0 Å². The maximum Gasteiger partial charge on any atom is 0.329 e. The zero-order chi connectivity index (χ0) is 18.5. The van der Waals surface area contributed by atoms with E-state index in [4.69, 9.17) is 4.74 Å². The maximum absolute atomic E-state index is 13.1. The monoisotopic (exact) mass is 373 g/mol. The number of hydrogen-bond acceptors (Lipinski definition) is 5. The van der Waals surface area contributed by atoms with Gasteiger partial charge in [0.1, 0.15) is 17.4 Å². The van der Waals surface area contributed by atoms with E-state index in [1.165, 1.54) is 23.9 Å². The van der Waals surface area contributed by atoms with E-state index in [2.05, 4.69) is 9.97 Å². The van der Waals surface area contributed by atoms with Crippen LogP contribution >= 0.6 is 11.8 Å².